The first-order chi connectivity index (χ1) is 15.0. The van der Waals surface area contributed by atoms with Gasteiger partial charge in [0, 0.05) is 22.9 Å². The number of benzene rings is 3. The van der Waals surface area contributed by atoms with Crippen LogP contribution in [0, 0.1) is 11.6 Å². The lowest BCUT2D eigenvalue weighted by Gasteiger charge is -2.14. The Bertz CT molecular complexity index is 1300. The van der Waals surface area contributed by atoms with Gasteiger partial charge in [-0.05, 0) is 48.2 Å². The second-order valence-electron chi connectivity index (χ2n) is 7.25. The number of pyridine rings is 1. The van der Waals surface area contributed by atoms with Crippen LogP contribution in [0.2, 0.25) is 0 Å². The van der Waals surface area contributed by atoms with Crippen molar-refractivity contribution < 1.29 is 13.6 Å². The molecule has 4 nitrogen and oxygen atoms in total. The quantitative estimate of drug-likeness (QED) is 0.438. The number of aromatic nitrogens is 1. The van der Waals surface area contributed by atoms with Crippen LogP contribution in [0.4, 0.5) is 14.5 Å². The third-order valence-corrected chi connectivity index (χ3v) is 5.13. The molecular formula is C25H20F2N2O2. The van der Waals surface area contributed by atoms with Crippen molar-refractivity contribution in [2.45, 2.75) is 19.3 Å². The number of nitrogens with one attached hydrogen (secondary N) is 2. The molecule has 0 fully saturated rings. The number of aryl methyl sites for hydroxylation is 1. The van der Waals surface area contributed by atoms with Gasteiger partial charge in [0.1, 0.15) is 17.3 Å². The van der Waals surface area contributed by atoms with Crippen LogP contribution in [0.15, 0.2) is 77.6 Å². The predicted octanol–water partition coefficient (Wildman–Crippen LogP) is 5.43. The van der Waals surface area contributed by atoms with Crippen molar-refractivity contribution in [1.82, 2.24) is 4.98 Å². The SMILES string of the molecule is O=C(CCCc1ccccc1F)Nc1c(-c2ccc(F)cc2)c2ccccc2[nH]c1=O. The standard InChI is InChI=1S/C25H20F2N2O2/c26-18-14-12-17(13-15-18)23-19-8-2-4-10-21(19)28-25(31)24(23)29-22(30)11-5-7-16-6-1-3-9-20(16)27/h1-4,6,8-10,12-15H,5,7,11H2,(H,28,31)(H,29,30). The molecule has 1 heterocycles. The molecule has 0 aliphatic carbocycles. The van der Waals surface area contributed by atoms with Crippen molar-refractivity contribution >= 4 is 22.5 Å². The van der Waals surface area contributed by atoms with Crippen LogP contribution < -0.4 is 10.9 Å². The van der Waals surface area contributed by atoms with E-state index in [0.29, 0.717) is 35.0 Å². The fraction of sp³-hybridized carbons (Fsp3) is 0.120. The van der Waals surface area contributed by atoms with E-state index < -0.39 is 11.4 Å². The number of carbonyl (C=O) groups is 1. The highest BCUT2D eigenvalue weighted by Gasteiger charge is 2.17. The first-order valence-electron chi connectivity index (χ1n) is 9.97. The molecule has 0 aliphatic heterocycles. The van der Waals surface area contributed by atoms with E-state index in [1.54, 1.807) is 42.5 Å². The van der Waals surface area contributed by atoms with Crippen LogP contribution in [0.5, 0.6) is 0 Å². The van der Waals surface area contributed by atoms with Crippen LogP contribution in [-0.2, 0) is 11.2 Å². The van der Waals surface area contributed by atoms with E-state index in [-0.39, 0.29) is 23.8 Å². The zero-order valence-corrected chi connectivity index (χ0v) is 16.6. The maximum absolute atomic E-state index is 13.8. The number of hydrogen-bond acceptors (Lipinski definition) is 2. The molecule has 0 spiro atoms. The Hall–Kier alpha value is -3.80. The van der Waals surface area contributed by atoms with Gasteiger partial charge in [0.05, 0.1) is 0 Å². The fourth-order valence-electron chi connectivity index (χ4n) is 3.62. The Labute approximate surface area is 177 Å². The Kier molecular flexibility index (Phi) is 5.89. The Morgan fingerprint density at radius 1 is 0.903 bits per heavy atom. The number of hydrogen-bond donors (Lipinski definition) is 2. The van der Waals surface area contributed by atoms with Gasteiger partial charge in [0.2, 0.25) is 5.91 Å². The summed E-state index contributed by atoms with van der Waals surface area (Å²) in [7, 11) is 0. The first kappa shape index (κ1) is 20.5. The zero-order chi connectivity index (χ0) is 21.8. The monoisotopic (exact) mass is 418 g/mol. The lowest BCUT2D eigenvalue weighted by atomic mass is 9.99. The highest BCUT2D eigenvalue weighted by Crippen LogP contribution is 2.32. The summed E-state index contributed by atoms with van der Waals surface area (Å²) in [6, 6.07) is 19.4. The number of H-pyrrole nitrogens is 1. The largest absolute Gasteiger partial charge is 0.321 e. The van der Waals surface area contributed by atoms with Gasteiger partial charge in [-0.25, -0.2) is 8.78 Å². The van der Waals surface area contributed by atoms with E-state index in [2.05, 4.69) is 10.3 Å². The molecule has 1 aromatic heterocycles. The molecule has 4 rings (SSSR count). The van der Waals surface area contributed by atoms with Gasteiger partial charge in [-0.3, -0.25) is 9.59 Å². The number of aromatic amines is 1. The fourth-order valence-corrected chi connectivity index (χ4v) is 3.62. The number of rotatable bonds is 6. The van der Waals surface area contributed by atoms with Gasteiger partial charge >= 0.3 is 0 Å². The summed E-state index contributed by atoms with van der Waals surface area (Å²) in [5, 5.41) is 3.45. The Morgan fingerprint density at radius 2 is 1.61 bits per heavy atom. The molecule has 4 aromatic rings. The molecule has 6 heteroatoms. The summed E-state index contributed by atoms with van der Waals surface area (Å²) in [6.45, 7) is 0. The van der Waals surface area contributed by atoms with Crippen LogP contribution in [-0.4, -0.2) is 10.9 Å². The minimum atomic E-state index is -0.444. The number of halogens is 2. The van der Waals surface area contributed by atoms with Gasteiger partial charge in [-0.2, -0.15) is 0 Å². The summed E-state index contributed by atoms with van der Waals surface area (Å²) in [5.41, 5.74) is 1.98. The minimum absolute atomic E-state index is 0.112. The second-order valence-corrected chi connectivity index (χ2v) is 7.25. The second kappa shape index (κ2) is 8.92. The highest BCUT2D eigenvalue weighted by atomic mass is 19.1. The van der Waals surface area contributed by atoms with Crippen molar-refractivity contribution in [2.75, 3.05) is 5.32 Å². The van der Waals surface area contributed by atoms with Gasteiger partial charge in [-0.15, -0.1) is 0 Å². The molecule has 0 bridgehead atoms. The van der Waals surface area contributed by atoms with Crippen molar-refractivity contribution in [3.8, 4) is 11.1 Å². The van der Waals surface area contributed by atoms with Gasteiger partial charge in [0.25, 0.3) is 5.56 Å². The zero-order valence-electron chi connectivity index (χ0n) is 16.6. The summed E-state index contributed by atoms with van der Waals surface area (Å²) < 4.78 is 27.2. The van der Waals surface area contributed by atoms with Crippen LogP contribution >= 0.6 is 0 Å². The maximum atomic E-state index is 13.8. The van der Waals surface area contributed by atoms with E-state index in [1.807, 2.05) is 12.1 Å². The van der Waals surface area contributed by atoms with Crippen molar-refractivity contribution in [3.05, 3.63) is 100 Å². The normalized spacial score (nSPS) is 10.9. The summed E-state index contributed by atoms with van der Waals surface area (Å²) in [6.07, 6.45) is 0.979. The van der Waals surface area contributed by atoms with E-state index >= 15 is 0 Å². The third kappa shape index (κ3) is 4.53. The Morgan fingerprint density at radius 3 is 2.39 bits per heavy atom. The van der Waals surface area contributed by atoms with Crippen LogP contribution in [0.3, 0.4) is 0 Å². The van der Waals surface area contributed by atoms with E-state index in [4.69, 9.17) is 0 Å². The highest BCUT2D eigenvalue weighted by molar-refractivity contribution is 6.04. The number of carbonyl (C=O) groups excluding carboxylic acids is 1. The van der Waals surface area contributed by atoms with Crippen molar-refractivity contribution in [2.24, 2.45) is 0 Å². The molecule has 0 saturated heterocycles. The van der Waals surface area contributed by atoms with E-state index in [1.165, 1.54) is 18.2 Å². The van der Waals surface area contributed by atoms with E-state index in [0.717, 1.165) is 5.39 Å². The summed E-state index contributed by atoms with van der Waals surface area (Å²) in [4.78, 5) is 28.2. The average molecular weight is 418 g/mol. The molecule has 3 aromatic carbocycles. The van der Waals surface area contributed by atoms with Gasteiger partial charge in [-0.1, -0.05) is 48.5 Å². The number of fused-ring (bicyclic) bond motifs is 1. The summed E-state index contributed by atoms with van der Waals surface area (Å²) in [5.74, 6) is -1.04. The molecule has 2 N–H and O–H groups in total. The summed E-state index contributed by atoms with van der Waals surface area (Å²) >= 11 is 0. The van der Waals surface area contributed by atoms with Gasteiger partial charge < -0.3 is 10.3 Å². The molecule has 0 atom stereocenters. The van der Waals surface area contributed by atoms with Crippen molar-refractivity contribution in [1.29, 1.82) is 0 Å². The lowest BCUT2D eigenvalue weighted by molar-refractivity contribution is -0.116. The number of amides is 1. The van der Waals surface area contributed by atoms with Crippen molar-refractivity contribution in [3.63, 3.8) is 0 Å². The molecule has 1 amide bonds. The maximum Gasteiger partial charge on any atom is 0.272 e. The third-order valence-electron chi connectivity index (χ3n) is 5.13. The Balaban J connectivity index is 1.62. The molecule has 0 saturated carbocycles. The predicted molar refractivity (Wildman–Crippen MR) is 118 cm³/mol. The minimum Gasteiger partial charge on any atom is -0.321 e. The van der Waals surface area contributed by atoms with Gasteiger partial charge in [0.15, 0.2) is 0 Å². The molecule has 156 valence electrons. The smallest absolute Gasteiger partial charge is 0.272 e. The average Bonchev–Trinajstić information content (AvgIpc) is 2.76. The molecule has 31 heavy (non-hydrogen) atoms. The molecular weight excluding hydrogens is 398 g/mol. The topological polar surface area (TPSA) is 62.0 Å². The molecule has 0 radical (unpaired) electrons. The number of anilines is 1. The number of para-hydroxylation sites is 1. The first-order valence-corrected chi connectivity index (χ1v) is 9.97. The van der Waals surface area contributed by atoms with Crippen LogP contribution in [0.25, 0.3) is 22.0 Å². The molecule has 0 unspecified atom stereocenters. The van der Waals surface area contributed by atoms with Crippen LogP contribution in [0.1, 0.15) is 18.4 Å². The van der Waals surface area contributed by atoms with E-state index in [9.17, 15) is 18.4 Å². The molecule has 0 aliphatic rings. The lowest BCUT2D eigenvalue weighted by Crippen LogP contribution is -2.21.